The minimum Gasteiger partial charge on any atom is -0.379 e. The molecule has 0 atom stereocenters. The van der Waals surface area contributed by atoms with E-state index in [0.29, 0.717) is 6.54 Å². The number of fused-ring (bicyclic) bond motifs is 1. The lowest BCUT2D eigenvalue weighted by atomic mass is 9.79. The highest BCUT2D eigenvalue weighted by Gasteiger charge is 2.38. The van der Waals surface area contributed by atoms with Crippen molar-refractivity contribution in [2.45, 2.75) is 71.0 Å². The van der Waals surface area contributed by atoms with Crippen LogP contribution in [0, 0.1) is 6.92 Å². The first-order chi connectivity index (χ1) is 14.6. The van der Waals surface area contributed by atoms with Crippen LogP contribution in [-0.2, 0) is 17.8 Å². The molecular formula is C25H37N3O2. The van der Waals surface area contributed by atoms with Gasteiger partial charge in [0.25, 0.3) is 5.56 Å². The number of morpholine rings is 1. The fourth-order valence-corrected chi connectivity index (χ4v) is 5.40. The van der Waals surface area contributed by atoms with Gasteiger partial charge in [0.15, 0.2) is 0 Å². The van der Waals surface area contributed by atoms with E-state index in [1.165, 1.54) is 37.7 Å². The molecule has 2 fully saturated rings. The van der Waals surface area contributed by atoms with Gasteiger partial charge >= 0.3 is 0 Å². The molecule has 0 spiro atoms. The molecule has 1 aromatic carbocycles. The minimum atomic E-state index is 0.159. The van der Waals surface area contributed by atoms with Crippen LogP contribution in [0.15, 0.2) is 29.1 Å². The third-order valence-corrected chi connectivity index (χ3v) is 7.01. The number of pyridine rings is 1. The quantitative estimate of drug-likeness (QED) is 0.752. The van der Waals surface area contributed by atoms with Crippen molar-refractivity contribution in [2.75, 3.05) is 32.8 Å². The predicted octanol–water partition coefficient (Wildman–Crippen LogP) is 3.84. The molecule has 164 valence electrons. The third-order valence-electron chi connectivity index (χ3n) is 7.01. The summed E-state index contributed by atoms with van der Waals surface area (Å²) in [5.74, 6) is 0. The molecule has 30 heavy (non-hydrogen) atoms. The Hall–Kier alpha value is -1.69. The highest BCUT2D eigenvalue weighted by atomic mass is 16.5. The first-order valence-corrected chi connectivity index (χ1v) is 11.8. The van der Waals surface area contributed by atoms with Gasteiger partial charge in [0, 0.05) is 43.8 Å². The van der Waals surface area contributed by atoms with Crippen LogP contribution in [0.5, 0.6) is 0 Å². The van der Waals surface area contributed by atoms with Crippen molar-refractivity contribution in [3.63, 3.8) is 0 Å². The van der Waals surface area contributed by atoms with E-state index in [4.69, 9.17) is 4.74 Å². The summed E-state index contributed by atoms with van der Waals surface area (Å²) in [7, 11) is 0. The zero-order valence-corrected chi connectivity index (χ0v) is 18.7. The molecule has 1 aromatic heterocycles. The number of benzene rings is 1. The van der Waals surface area contributed by atoms with E-state index >= 15 is 0 Å². The lowest BCUT2D eigenvalue weighted by Crippen LogP contribution is -2.59. The van der Waals surface area contributed by atoms with Gasteiger partial charge in [0.05, 0.1) is 18.7 Å². The van der Waals surface area contributed by atoms with Crippen molar-refractivity contribution >= 4 is 10.9 Å². The van der Waals surface area contributed by atoms with Crippen LogP contribution < -0.4 is 10.9 Å². The molecule has 2 heterocycles. The van der Waals surface area contributed by atoms with Crippen molar-refractivity contribution in [3.05, 3.63) is 45.7 Å². The molecule has 1 saturated carbocycles. The molecule has 5 nitrogen and oxygen atoms in total. The SMILES string of the molecule is CCCn1c(=O)c(CNCC2(N3CCOCC3)CCCCC2)cc2ccc(C)cc21. The largest absolute Gasteiger partial charge is 0.379 e. The number of hydrogen-bond acceptors (Lipinski definition) is 4. The molecule has 0 amide bonds. The highest BCUT2D eigenvalue weighted by molar-refractivity contribution is 5.80. The molecular weight excluding hydrogens is 374 g/mol. The van der Waals surface area contributed by atoms with Crippen molar-refractivity contribution in [1.29, 1.82) is 0 Å². The Kier molecular flexibility index (Phi) is 6.91. The Morgan fingerprint density at radius 3 is 2.60 bits per heavy atom. The first kappa shape index (κ1) is 21.5. The molecule has 0 bridgehead atoms. The maximum absolute atomic E-state index is 13.2. The lowest BCUT2D eigenvalue weighted by molar-refractivity contribution is -0.0369. The molecule has 0 unspecified atom stereocenters. The van der Waals surface area contributed by atoms with Crippen LogP contribution in [0.3, 0.4) is 0 Å². The van der Waals surface area contributed by atoms with Gasteiger partial charge in [-0.05, 0) is 49.3 Å². The van der Waals surface area contributed by atoms with Crippen LogP contribution in [0.1, 0.15) is 56.6 Å². The number of aryl methyl sites for hydroxylation is 2. The van der Waals surface area contributed by atoms with Gasteiger partial charge < -0.3 is 14.6 Å². The monoisotopic (exact) mass is 411 g/mol. The summed E-state index contributed by atoms with van der Waals surface area (Å²) in [6, 6.07) is 8.52. The maximum atomic E-state index is 13.2. The van der Waals surface area contributed by atoms with Crippen LogP contribution in [0.2, 0.25) is 0 Å². The van der Waals surface area contributed by atoms with E-state index in [1.807, 2.05) is 4.57 Å². The smallest absolute Gasteiger partial charge is 0.255 e. The van der Waals surface area contributed by atoms with Crippen molar-refractivity contribution in [3.8, 4) is 0 Å². The summed E-state index contributed by atoms with van der Waals surface area (Å²) in [5.41, 5.74) is 3.52. The summed E-state index contributed by atoms with van der Waals surface area (Å²) in [6.45, 7) is 10.3. The average molecular weight is 412 g/mol. The zero-order chi connectivity index (χ0) is 21.0. The molecule has 1 saturated heterocycles. The highest BCUT2D eigenvalue weighted by Crippen LogP contribution is 2.34. The molecule has 5 heteroatoms. The normalized spacial score (nSPS) is 19.9. The molecule has 2 aliphatic rings. The van der Waals surface area contributed by atoms with Gasteiger partial charge in [-0.2, -0.15) is 0 Å². The van der Waals surface area contributed by atoms with Crippen LogP contribution >= 0.6 is 0 Å². The molecule has 1 aliphatic carbocycles. The van der Waals surface area contributed by atoms with E-state index in [0.717, 1.165) is 62.3 Å². The van der Waals surface area contributed by atoms with Gasteiger partial charge in [-0.25, -0.2) is 0 Å². The molecule has 1 N–H and O–H groups in total. The second-order valence-electron chi connectivity index (χ2n) is 9.18. The van der Waals surface area contributed by atoms with Crippen LogP contribution in [0.4, 0.5) is 0 Å². The predicted molar refractivity (Wildman–Crippen MR) is 123 cm³/mol. The van der Waals surface area contributed by atoms with E-state index < -0.39 is 0 Å². The fraction of sp³-hybridized carbons (Fsp3) is 0.640. The van der Waals surface area contributed by atoms with Crippen LogP contribution in [0.25, 0.3) is 10.9 Å². The van der Waals surface area contributed by atoms with Crippen LogP contribution in [-0.4, -0.2) is 47.9 Å². The van der Waals surface area contributed by atoms with Crippen molar-refractivity contribution in [2.24, 2.45) is 0 Å². The fourth-order valence-electron chi connectivity index (χ4n) is 5.40. The van der Waals surface area contributed by atoms with E-state index in [9.17, 15) is 4.79 Å². The van der Waals surface area contributed by atoms with Crippen molar-refractivity contribution in [1.82, 2.24) is 14.8 Å². The summed E-state index contributed by atoms with van der Waals surface area (Å²) in [4.78, 5) is 15.9. The minimum absolute atomic E-state index is 0.159. The Morgan fingerprint density at radius 2 is 1.87 bits per heavy atom. The van der Waals surface area contributed by atoms with Gasteiger partial charge in [-0.15, -0.1) is 0 Å². The Labute approximate surface area is 180 Å². The average Bonchev–Trinajstić information content (AvgIpc) is 2.78. The number of nitrogens with one attached hydrogen (secondary N) is 1. The first-order valence-electron chi connectivity index (χ1n) is 11.8. The Bertz CT molecular complexity index is 908. The van der Waals surface area contributed by atoms with Gasteiger partial charge in [0.2, 0.25) is 0 Å². The summed E-state index contributed by atoms with van der Waals surface area (Å²) in [6.07, 6.45) is 7.40. The summed E-state index contributed by atoms with van der Waals surface area (Å²) >= 11 is 0. The molecule has 4 rings (SSSR count). The standard InChI is InChI=1S/C25H37N3O2/c1-3-11-28-23-16-20(2)7-8-21(23)17-22(24(28)29)18-26-19-25(9-5-4-6-10-25)27-12-14-30-15-13-27/h7-8,16-17,26H,3-6,9-15,18-19H2,1-2H3. The second kappa shape index (κ2) is 9.63. The summed E-state index contributed by atoms with van der Waals surface area (Å²) in [5, 5.41) is 4.86. The Balaban J connectivity index is 1.54. The van der Waals surface area contributed by atoms with E-state index in [2.05, 4.69) is 48.3 Å². The number of nitrogens with zero attached hydrogens (tertiary/aromatic N) is 2. The molecule has 1 aliphatic heterocycles. The second-order valence-corrected chi connectivity index (χ2v) is 9.18. The van der Waals surface area contributed by atoms with Gasteiger partial charge in [0.1, 0.15) is 0 Å². The maximum Gasteiger partial charge on any atom is 0.255 e. The molecule has 2 aromatic rings. The zero-order valence-electron chi connectivity index (χ0n) is 18.7. The number of aromatic nitrogens is 1. The topological polar surface area (TPSA) is 46.5 Å². The third kappa shape index (κ3) is 4.48. The molecule has 0 radical (unpaired) electrons. The van der Waals surface area contributed by atoms with E-state index in [-0.39, 0.29) is 11.1 Å². The number of ether oxygens (including phenoxy) is 1. The lowest BCUT2D eigenvalue weighted by Gasteiger charge is -2.48. The summed E-state index contributed by atoms with van der Waals surface area (Å²) < 4.78 is 7.57. The Morgan fingerprint density at radius 1 is 1.10 bits per heavy atom. The van der Waals surface area contributed by atoms with Gasteiger partial charge in [-0.3, -0.25) is 9.69 Å². The van der Waals surface area contributed by atoms with E-state index in [1.54, 1.807) is 0 Å². The van der Waals surface area contributed by atoms with Crippen molar-refractivity contribution < 1.29 is 4.74 Å². The number of hydrogen-bond donors (Lipinski definition) is 1. The van der Waals surface area contributed by atoms with Gasteiger partial charge in [-0.1, -0.05) is 38.3 Å². The number of rotatable bonds is 7.